The molecular weight excluding hydrogens is 440 g/mol. The van der Waals surface area contributed by atoms with Crippen LogP contribution in [-0.2, 0) is 13.1 Å². The van der Waals surface area contributed by atoms with E-state index in [-0.39, 0.29) is 6.73 Å². The number of aliphatic hydroxyl groups is 1. The van der Waals surface area contributed by atoms with Gasteiger partial charge in [-0.1, -0.05) is 54.2 Å². The summed E-state index contributed by atoms with van der Waals surface area (Å²) in [6.07, 6.45) is 0. The Morgan fingerprint density at radius 1 is 0.882 bits per heavy atom. The Labute approximate surface area is 205 Å². The Morgan fingerprint density at radius 3 is 2.35 bits per heavy atom. The fourth-order valence-corrected chi connectivity index (χ4v) is 5.12. The van der Waals surface area contributed by atoms with E-state index in [1.165, 1.54) is 32.2 Å². The van der Waals surface area contributed by atoms with Crippen molar-refractivity contribution in [2.24, 2.45) is 0 Å². The molecule has 1 heterocycles. The fourth-order valence-electron chi connectivity index (χ4n) is 4.17. The van der Waals surface area contributed by atoms with E-state index in [1.807, 2.05) is 41.3 Å². The molecular formula is C29H28N2O2S. The summed E-state index contributed by atoms with van der Waals surface area (Å²) in [5.41, 5.74) is 5.81. The monoisotopic (exact) mass is 468 g/mol. The molecule has 0 fully saturated rings. The first-order valence-corrected chi connectivity index (χ1v) is 12.3. The molecule has 0 aliphatic carbocycles. The van der Waals surface area contributed by atoms with E-state index in [9.17, 15) is 5.11 Å². The van der Waals surface area contributed by atoms with Gasteiger partial charge in [0.05, 0.1) is 0 Å². The smallest absolute Gasteiger partial charge is 0.161 e. The minimum Gasteiger partial charge on any atom is -0.473 e. The first-order valence-electron chi connectivity index (χ1n) is 11.4. The van der Waals surface area contributed by atoms with Gasteiger partial charge in [0, 0.05) is 39.8 Å². The van der Waals surface area contributed by atoms with Crippen molar-refractivity contribution in [1.29, 1.82) is 0 Å². The van der Waals surface area contributed by atoms with E-state index >= 15 is 0 Å². The number of hydrogen-bond acceptors (Lipinski definition) is 5. The molecule has 0 radical (unpaired) electrons. The Balaban J connectivity index is 1.33. The van der Waals surface area contributed by atoms with E-state index in [0.717, 1.165) is 18.0 Å². The van der Waals surface area contributed by atoms with Crippen LogP contribution < -0.4 is 14.5 Å². The second kappa shape index (κ2) is 10.2. The molecule has 0 atom stereocenters. The highest BCUT2D eigenvalue weighted by Gasteiger charge is 2.18. The van der Waals surface area contributed by atoms with Crippen LogP contribution in [0.2, 0.25) is 0 Å². The van der Waals surface area contributed by atoms with Crippen molar-refractivity contribution in [2.45, 2.75) is 29.8 Å². The largest absolute Gasteiger partial charge is 0.473 e. The second-order valence-corrected chi connectivity index (χ2v) is 9.59. The summed E-state index contributed by atoms with van der Waals surface area (Å²) in [6.45, 7) is 4.15. The van der Waals surface area contributed by atoms with E-state index in [1.54, 1.807) is 11.8 Å². The van der Waals surface area contributed by atoms with Crippen LogP contribution in [-0.4, -0.2) is 18.6 Å². The zero-order valence-corrected chi connectivity index (χ0v) is 20.0. The number of ether oxygens (including phenoxy) is 1. The number of fused-ring (bicyclic) bond motifs is 1. The van der Waals surface area contributed by atoms with E-state index in [0.29, 0.717) is 13.3 Å². The van der Waals surface area contributed by atoms with Crippen LogP contribution in [0.1, 0.15) is 16.7 Å². The Kier molecular flexibility index (Phi) is 6.74. The van der Waals surface area contributed by atoms with Gasteiger partial charge in [-0.3, -0.25) is 0 Å². The zero-order chi connectivity index (χ0) is 23.3. The average Bonchev–Trinajstić information content (AvgIpc) is 2.89. The van der Waals surface area contributed by atoms with Crippen molar-refractivity contribution in [3.05, 3.63) is 114 Å². The number of nitrogens with zero attached hydrogens (tertiary/aromatic N) is 2. The van der Waals surface area contributed by atoms with Crippen LogP contribution in [0.4, 0.5) is 11.4 Å². The molecule has 0 aromatic heterocycles. The van der Waals surface area contributed by atoms with Crippen molar-refractivity contribution in [2.75, 3.05) is 23.3 Å². The Hall–Kier alpha value is -3.41. The first kappa shape index (κ1) is 22.4. The lowest BCUT2D eigenvalue weighted by molar-refractivity contribution is 0.289. The maximum absolute atomic E-state index is 9.96. The molecule has 5 rings (SSSR count). The number of aryl methyl sites for hydroxylation is 1. The molecule has 0 unspecified atom stereocenters. The van der Waals surface area contributed by atoms with E-state index in [2.05, 4.69) is 72.5 Å². The second-order valence-electron chi connectivity index (χ2n) is 8.44. The number of anilines is 2. The first-order chi connectivity index (χ1) is 16.7. The molecule has 1 N–H and O–H groups in total. The molecule has 0 saturated heterocycles. The van der Waals surface area contributed by atoms with Crippen LogP contribution in [0.25, 0.3) is 0 Å². The summed E-state index contributed by atoms with van der Waals surface area (Å²) >= 11 is 1.76. The highest BCUT2D eigenvalue weighted by Crippen LogP contribution is 2.35. The van der Waals surface area contributed by atoms with Crippen molar-refractivity contribution in [3.63, 3.8) is 0 Å². The topological polar surface area (TPSA) is 35.9 Å². The number of aliphatic hydroxyl groups excluding tert-OH is 1. The molecule has 5 heteroatoms. The SMILES string of the molecule is Cc1ccc(Sc2ccc3c(c2)CN(c2ccccc2)CO3)cc1CN(CO)c1ccccc1. The van der Waals surface area contributed by atoms with Crippen LogP contribution in [0.3, 0.4) is 0 Å². The van der Waals surface area contributed by atoms with Crippen LogP contribution in [0.5, 0.6) is 5.75 Å². The molecule has 4 aromatic carbocycles. The molecule has 34 heavy (non-hydrogen) atoms. The van der Waals surface area contributed by atoms with Crippen molar-refractivity contribution in [1.82, 2.24) is 0 Å². The summed E-state index contributed by atoms with van der Waals surface area (Å²) in [6, 6.07) is 33.4. The van der Waals surface area contributed by atoms with Gasteiger partial charge in [0.1, 0.15) is 12.5 Å². The predicted octanol–water partition coefficient (Wildman–Crippen LogP) is 6.46. The van der Waals surface area contributed by atoms with Gasteiger partial charge >= 0.3 is 0 Å². The molecule has 0 saturated carbocycles. The van der Waals surface area contributed by atoms with Gasteiger partial charge in [-0.15, -0.1) is 0 Å². The Morgan fingerprint density at radius 2 is 1.59 bits per heavy atom. The minimum absolute atomic E-state index is 0.0242. The van der Waals surface area contributed by atoms with Gasteiger partial charge in [-0.2, -0.15) is 0 Å². The van der Waals surface area contributed by atoms with Crippen molar-refractivity contribution >= 4 is 23.1 Å². The lowest BCUT2D eigenvalue weighted by Gasteiger charge is -2.31. The van der Waals surface area contributed by atoms with Gasteiger partial charge in [0.25, 0.3) is 0 Å². The van der Waals surface area contributed by atoms with Crippen LogP contribution in [0, 0.1) is 6.92 Å². The van der Waals surface area contributed by atoms with Crippen LogP contribution in [0.15, 0.2) is 107 Å². The molecule has 1 aliphatic rings. The normalized spacial score (nSPS) is 12.7. The lowest BCUT2D eigenvalue weighted by atomic mass is 10.1. The van der Waals surface area contributed by atoms with Gasteiger partial charge in [0.15, 0.2) is 6.73 Å². The predicted molar refractivity (Wildman–Crippen MR) is 140 cm³/mol. The Bertz CT molecular complexity index is 1250. The summed E-state index contributed by atoms with van der Waals surface area (Å²) in [5, 5.41) is 9.96. The van der Waals surface area contributed by atoms with Crippen molar-refractivity contribution < 1.29 is 9.84 Å². The number of rotatable bonds is 7. The number of hydrogen-bond donors (Lipinski definition) is 1. The summed E-state index contributed by atoms with van der Waals surface area (Å²) < 4.78 is 6.02. The maximum Gasteiger partial charge on any atom is 0.161 e. The van der Waals surface area contributed by atoms with Crippen molar-refractivity contribution in [3.8, 4) is 5.75 Å². The summed E-state index contributed by atoms with van der Waals surface area (Å²) in [7, 11) is 0. The zero-order valence-electron chi connectivity index (χ0n) is 19.2. The average molecular weight is 469 g/mol. The molecule has 172 valence electrons. The number of benzene rings is 4. The summed E-state index contributed by atoms with van der Waals surface area (Å²) in [4.78, 5) is 6.59. The van der Waals surface area contributed by atoms with E-state index < -0.39 is 0 Å². The number of para-hydroxylation sites is 2. The van der Waals surface area contributed by atoms with Crippen LogP contribution >= 0.6 is 11.8 Å². The minimum atomic E-state index is -0.0242. The van der Waals surface area contributed by atoms with Gasteiger partial charge in [0.2, 0.25) is 0 Å². The van der Waals surface area contributed by atoms with Gasteiger partial charge in [-0.25, -0.2) is 0 Å². The molecule has 0 spiro atoms. The third-order valence-corrected chi connectivity index (χ3v) is 7.08. The highest BCUT2D eigenvalue weighted by molar-refractivity contribution is 7.99. The third kappa shape index (κ3) is 5.06. The van der Waals surface area contributed by atoms with E-state index in [4.69, 9.17) is 4.74 Å². The third-order valence-electron chi connectivity index (χ3n) is 6.10. The molecule has 4 aromatic rings. The highest BCUT2D eigenvalue weighted by atomic mass is 32.2. The molecule has 0 bridgehead atoms. The van der Waals surface area contributed by atoms with Gasteiger partial charge in [-0.05, 0) is 72.6 Å². The molecule has 0 amide bonds. The maximum atomic E-state index is 9.96. The summed E-state index contributed by atoms with van der Waals surface area (Å²) in [5.74, 6) is 0.961. The lowest BCUT2D eigenvalue weighted by Crippen LogP contribution is -2.31. The molecule has 4 nitrogen and oxygen atoms in total. The quantitative estimate of drug-likeness (QED) is 0.315. The standard InChI is InChI=1S/C29H28N2O2S/c1-22-12-13-27(16-23(22)18-30(20-32)25-8-4-2-5-9-25)34-28-14-15-29-24(17-28)19-31(21-33-29)26-10-6-3-7-11-26/h2-17,32H,18-21H2,1H3. The van der Waals surface area contributed by atoms with Gasteiger partial charge < -0.3 is 19.6 Å². The fraction of sp³-hybridized carbons (Fsp3) is 0.172. The molecule has 1 aliphatic heterocycles.